The van der Waals surface area contributed by atoms with Crippen molar-refractivity contribution in [1.82, 2.24) is 19.9 Å². The molecule has 44 heavy (non-hydrogen) atoms. The van der Waals surface area contributed by atoms with Gasteiger partial charge in [-0.05, 0) is 35.7 Å². The van der Waals surface area contributed by atoms with Gasteiger partial charge in [-0.2, -0.15) is 0 Å². The van der Waals surface area contributed by atoms with Gasteiger partial charge in [0.05, 0.1) is 0 Å². The van der Waals surface area contributed by atoms with Crippen molar-refractivity contribution in [2.45, 2.75) is 0 Å². The summed E-state index contributed by atoms with van der Waals surface area (Å²) in [6.45, 7) is 0. The second kappa shape index (κ2) is 9.93. The number of hydrogen-bond acceptors (Lipinski definition) is 6. The number of hydrogen-bond donors (Lipinski definition) is 0. The first-order valence-electron chi connectivity index (χ1n) is 14.4. The molecule has 0 aliphatic heterocycles. The van der Waals surface area contributed by atoms with E-state index in [2.05, 4.69) is 54.6 Å². The molecule has 0 unspecified atom stereocenters. The number of thiophene rings is 1. The van der Waals surface area contributed by atoms with Crippen molar-refractivity contribution in [3.05, 3.63) is 133 Å². The van der Waals surface area contributed by atoms with E-state index in [4.69, 9.17) is 24.4 Å². The Bertz CT molecular complexity index is 2500. The molecule has 9 aromatic rings. The molecule has 0 amide bonds. The van der Waals surface area contributed by atoms with Crippen molar-refractivity contribution in [3.63, 3.8) is 0 Å². The summed E-state index contributed by atoms with van der Waals surface area (Å²) in [7, 11) is 0. The molecular weight excluding hydrogens is 561 g/mol. The van der Waals surface area contributed by atoms with Gasteiger partial charge in [-0.3, -0.25) is 0 Å². The molecule has 0 atom stereocenters. The minimum Gasteiger partial charge on any atom is -0.435 e. The zero-order chi connectivity index (χ0) is 29.0. The number of nitrogens with zero attached hydrogens (tertiary/aromatic N) is 4. The summed E-state index contributed by atoms with van der Waals surface area (Å²) in [6, 6.07) is 45.2. The molecule has 0 aliphatic carbocycles. The van der Waals surface area contributed by atoms with E-state index in [9.17, 15) is 0 Å². The molecule has 3 heterocycles. The van der Waals surface area contributed by atoms with Gasteiger partial charge < -0.3 is 4.42 Å². The van der Waals surface area contributed by atoms with E-state index >= 15 is 0 Å². The van der Waals surface area contributed by atoms with E-state index in [1.54, 1.807) is 11.3 Å². The predicted molar refractivity (Wildman–Crippen MR) is 180 cm³/mol. The lowest BCUT2D eigenvalue weighted by Gasteiger charge is -2.11. The fourth-order valence-corrected chi connectivity index (χ4v) is 7.07. The standard InChI is InChI=1S/C38H22N4OS/c1-3-12-23(13-4-1)35-40-36(28-19-11-21-32-33(28)27-18-9-10-20-31(27)44-32)42-37(41-35)29-22-30-34(26-17-8-7-16-25(26)29)43-38(39-30)24-14-5-2-6-15-24/h1-22H. The lowest BCUT2D eigenvalue weighted by molar-refractivity contribution is 0.623. The Kier molecular flexibility index (Phi) is 5.61. The predicted octanol–water partition coefficient (Wildman–Crippen LogP) is 10.2. The summed E-state index contributed by atoms with van der Waals surface area (Å²) in [5, 5.41) is 4.32. The molecule has 6 aromatic carbocycles. The third-order valence-corrected chi connectivity index (χ3v) is 9.10. The van der Waals surface area contributed by atoms with Crippen LogP contribution in [0.5, 0.6) is 0 Å². The van der Waals surface area contributed by atoms with Gasteiger partial charge in [0.2, 0.25) is 5.89 Å². The summed E-state index contributed by atoms with van der Waals surface area (Å²) in [6.07, 6.45) is 0. The first-order chi connectivity index (χ1) is 21.8. The van der Waals surface area contributed by atoms with Gasteiger partial charge in [0.1, 0.15) is 5.52 Å². The third-order valence-electron chi connectivity index (χ3n) is 7.97. The van der Waals surface area contributed by atoms with Crippen LogP contribution in [0.1, 0.15) is 0 Å². The molecule has 6 heteroatoms. The van der Waals surface area contributed by atoms with Gasteiger partial charge in [0.25, 0.3) is 0 Å². The maximum absolute atomic E-state index is 6.36. The maximum atomic E-state index is 6.36. The number of fused-ring (bicyclic) bond motifs is 6. The zero-order valence-corrected chi connectivity index (χ0v) is 24.1. The second-order valence-electron chi connectivity index (χ2n) is 10.7. The molecule has 0 fully saturated rings. The van der Waals surface area contributed by atoms with Crippen LogP contribution in [0.3, 0.4) is 0 Å². The molecule has 0 saturated heterocycles. The highest BCUT2D eigenvalue weighted by atomic mass is 32.1. The van der Waals surface area contributed by atoms with Crippen LogP contribution in [-0.2, 0) is 0 Å². The fraction of sp³-hybridized carbons (Fsp3) is 0. The Morgan fingerprint density at radius 2 is 1.07 bits per heavy atom. The molecule has 5 nitrogen and oxygen atoms in total. The van der Waals surface area contributed by atoms with E-state index in [0.29, 0.717) is 23.4 Å². The number of rotatable bonds is 4. The molecule has 0 saturated carbocycles. The first-order valence-corrected chi connectivity index (χ1v) is 15.2. The number of aromatic nitrogens is 4. The highest BCUT2D eigenvalue weighted by Crippen LogP contribution is 2.41. The van der Waals surface area contributed by atoms with E-state index in [-0.39, 0.29) is 0 Å². The minimum absolute atomic E-state index is 0.584. The van der Waals surface area contributed by atoms with Crippen molar-refractivity contribution >= 4 is 53.4 Å². The second-order valence-corrected chi connectivity index (χ2v) is 11.7. The Morgan fingerprint density at radius 1 is 0.455 bits per heavy atom. The van der Waals surface area contributed by atoms with Gasteiger partial charge in [-0.25, -0.2) is 19.9 Å². The molecule has 0 aliphatic rings. The Morgan fingerprint density at radius 3 is 1.86 bits per heavy atom. The highest BCUT2D eigenvalue weighted by Gasteiger charge is 2.20. The van der Waals surface area contributed by atoms with Crippen LogP contribution < -0.4 is 0 Å². The van der Waals surface area contributed by atoms with Gasteiger partial charge in [0.15, 0.2) is 23.1 Å². The van der Waals surface area contributed by atoms with Crippen LogP contribution in [-0.4, -0.2) is 19.9 Å². The van der Waals surface area contributed by atoms with Crippen LogP contribution in [0, 0.1) is 0 Å². The average molecular weight is 583 g/mol. The normalized spacial score (nSPS) is 11.6. The van der Waals surface area contributed by atoms with Crippen LogP contribution in [0.15, 0.2) is 138 Å². The van der Waals surface area contributed by atoms with Crippen molar-refractivity contribution in [2.75, 3.05) is 0 Å². The smallest absolute Gasteiger partial charge is 0.227 e. The first kappa shape index (κ1) is 24.8. The van der Waals surface area contributed by atoms with Crippen molar-refractivity contribution < 1.29 is 4.42 Å². The number of oxazole rings is 1. The van der Waals surface area contributed by atoms with Crippen LogP contribution in [0.4, 0.5) is 0 Å². The Hall–Kier alpha value is -5.72. The summed E-state index contributed by atoms with van der Waals surface area (Å²) in [5.41, 5.74) is 5.22. The Labute approximate surface area is 256 Å². The molecule has 206 valence electrons. The highest BCUT2D eigenvalue weighted by molar-refractivity contribution is 7.25. The third kappa shape index (κ3) is 4.00. The van der Waals surface area contributed by atoms with Crippen LogP contribution in [0.25, 0.3) is 87.7 Å². The van der Waals surface area contributed by atoms with E-state index in [1.165, 1.54) is 14.8 Å². The molecule has 0 bridgehead atoms. The molecular formula is C38H22N4OS. The number of benzene rings is 6. The topological polar surface area (TPSA) is 64.7 Å². The lowest BCUT2D eigenvalue weighted by atomic mass is 10.0. The van der Waals surface area contributed by atoms with Crippen molar-refractivity contribution in [3.8, 4) is 45.6 Å². The van der Waals surface area contributed by atoms with Gasteiger partial charge >= 0.3 is 0 Å². The summed E-state index contributed by atoms with van der Waals surface area (Å²) < 4.78 is 8.80. The molecule has 3 aromatic heterocycles. The van der Waals surface area contributed by atoms with E-state index in [0.717, 1.165) is 49.5 Å². The maximum Gasteiger partial charge on any atom is 0.227 e. The quantitative estimate of drug-likeness (QED) is 0.207. The van der Waals surface area contributed by atoms with Crippen LogP contribution in [0.2, 0.25) is 0 Å². The van der Waals surface area contributed by atoms with Gasteiger partial charge in [-0.1, -0.05) is 103 Å². The molecule has 0 spiro atoms. The molecule has 0 radical (unpaired) electrons. The molecule has 0 N–H and O–H groups in total. The largest absolute Gasteiger partial charge is 0.435 e. The zero-order valence-electron chi connectivity index (χ0n) is 23.3. The van der Waals surface area contributed by atoms with Crippen molar-refractivity contribution in [2.24, 2.45) is 0 Å². The summed E-state index contributed by atoms with van der Waals surface area (Å²) >= 11 is 1.79. The fourth-order valence-electron chi connectivity index (χ4n) is 5.94. The van der Waals surface area contributed by atoms with Gasteiger partial charge in [0, 0.05) is 47.8 Å². The van der Waals surface area contributed by atoms with E-state index in [1.807, 2.05) is 78.9 Å². The minimum atomic E-state index is 0.584. The monoisotopic (exact) mass is 582 g/mol. The Balaban J connectivity index is 1.33. The van der Waals surface area contributed by atoms with Gasteiger partial charge in [-0.15, -0.1) is 11.3 Å². The van der Waals surface area contributed by atoms with Crippen LogP contribution >= 0.6 is 11.3 Å². The lowest BCUT2D eigenvalue weighted by Crippen LogP contribution is -2.01. The molecule has 9 rings (SSSR count). The summed E-state index contributed by atoms with van der Waals surface area (Å²) in [5.74, 6) is 2.43. The van der Waals surface area contributed by atoms with E-state index < -0.39 is 0 Å². The van der Waals surface area contributed by atoms with Crippen molar-refractivity contribution in [1.29, 1.82) is 0 Å². The summed E-state index contributed by atoms with van der Waals surface area (Å²) in [4.78, 5) is 20.2. The average Bonchev–Trinajstić information content (AvgIpc) is 3.71. The SMILES string of the molecule is c1ccc(-c2nc(-c3cc4nc(-c5ccccc5)oc4c4ccccc34)nc(-c3cccc4sc5ccccc5c34)n2)cc1.